The number of nitrogens with zero attached hydrogens (tertiary/aromatic N) is 1. The van der Waals surface area contributed by atoms with Crippen molar-refractivity contribution in [3.63, 3.8) is 0 Å². The third kappa shape index (κ3) is 7.26. The molecule has 188 valence electrons. The SMILES string of the molecule is CCO/C(C(C)=O)=C(\C(=O)c1ccc(C)cc1)C(CCCN1CCOCC1)c1ccc(OC)cc1. The van der Waals surface area contributed by atoms with Crippen LogP contribution in [0.3, 0.4) is 0 Å². The van der Waals surface area contributed by atoms with Gasteiger partial charge in [-0.3, -0.25) is 14.5 Å². The van der Waals surface area contributed by atoms with Gasteiger partial charge in [0.25, 0.3) is 0 Å². The molecule has 6 nitrogen and oxygen atoms in total. The minimum absolute atomic E-state index is 0.158. The van der Waals surface area contributed by atoms with Crippen LogP contribution in [0, 0.1) is 6.92 Å². The Kier molecular flexibility index (Phi) is 10.1. The summed E-state index contributed by atoms with van der Waals surface area (Å²) in [5, 5.41) is 0. The van der Waals surface area contributed by atoms with Crippen LogP contribution in [0.15, 0.2) is 59.9 Å². The second-order valence-electron chi connectivity index (χ2n) is 8.85. The Bertz CT molecular complexity index is 1000. The molecule has 0 radical (unpaired) electrons. The van der Waals surface area contributed by atoms with Gasteiger partial charge in [-0.25, -0.2) is 0 Å². The van der Waals surface area contributed by atoms with Gasteiger partial charge in [-0.2, -0.15) is 0 Å². The molecule has 35 heavy (non-hydrogen) atoms. The van der Waals surface area contributed by atoms with Crippen molar-refractivity contribution in [1.82, 2.24) is 4.90 Å². The van der Waals surface area contributed by atoms with Crippen LogP contribution in [0.2, 0.25) is 0 Å². The van der Waals surface area contributed by atoms with E-state index in [9.17, 15) is 9.59 Å². The van der Waals surface area contributed by atoms with Crippen LogP contribution in [0.1, 0.15) is 54.1 Å². The summed E-state index contributed by atoms with van der Waals surface area (Å²) in [7, 11) is 1.63. The highest BCUT2D eigenvalue weighted by molar-refractivity contribution is 6.13. The first-order valence-electron chi connectivity index (χ1n) is 12.4. The number of morpholine rings is 1. The highest BCUT2D eigenvalue weighted by Crippen LogP contribution is 2.35. The van der Waals surface area contributed by atoms with Gasteiger partial charge in [0, 0.05) is 31.5 Å². The molecule has 0 aromatic heterocycles. The van der Waals surface area contributed by atoms with Gasteiger partial charge in [0.1, 0.15) is 5.75 Å². The first-order valence-corrected chi connectivity index (χ1v) is 12.4. The van der Waals surface area contributed by atoms with Crippen molar-refractivity contribution >= 4 is 11.6 Å². The summed E-state index contributed by atoms with van der Waals surface area (Å²) in [4.78, 5) is 29.1. The lowest BCUT2D eigenvalue weighted by molar-refractivity contribution is -0.117. The zero-order valence-corrected chi connectivity index (χ0v) is 21.3. The van der Waals surface area contributed by atoms with E-state index in [1.165, 1.54) is 6.92 Å². The number of hydrogen-bond donors (Lipinski definition) is 0. The zero-order chi connectivity index (χ0) is 25.2. The lowest BCUT2D eigenvalue weighted by Crippen LogP contribution is -2.37. The second kappa shape index (κ2) is 13.2. The van der Waals surface area contributed by atoms with E-state index >= 15 is 0 Å². The Morgan fingerprint density at radius 3 is 2.26 bits per heavy atom. The molecule has 0 saturated carbocycles. The van der Waals surface area contributed by atoms with E-state index in [1.54, 1.807) is 7.11 Å². The fourth-order valence-corrected chi connectivity index (χ4v) is 4.45. The molecule has 6 heteroatoms. The van der Waals surface area contributed by atoms with Crippen molar-refractivity contribution in [2.24, 2.45) is 0 Å². The average molecular weight is 480 g/mol. The third-order valence-electron chi connectivity index (χ3n) is 6.35. The van der Waals surface area contributed by atoms with Crippen molar-refractivity contribution in [1.29, 1.82) is 0 Å². The fourth-order valence-electron chi connectivity index (χ4n) is 4.45. The molecule has 0 N–H and O–H groups in total. The number of benzene rings is 2. The Morgan fingerprint density at radius 2 is 1.69 bits per heavy atom. The number of aryl methyl sites for hydroxylation is 1. The monoisotopic (exact) mass is 479 g/mol. The van der Waals surface area contributed by atoms with E-state index in [2.05, 4.69) is 4.90 Å². The van der Waals surface area contributed by atoms with Gasteiger partial charge in [-0.1, -0.05) is 42.0 Å². The molecule has 0 amide bonds. The molecule has 1 heterocycles. The third-order valence-corrected chi connectivity index (χ3v) is 6.35. The fraction of sp³-hybridized carbons (Fsp3) is 0.448. The Labute approximate surface area is 208 Å². The average Bonchev–Trinajstić information content (AvgIpc) is 2.88. The van der Waals surface area contributed by atoms with Crippen LogP contribution < -0.4 is 4.74 Å². The van der Waals surface area contributed by atoms with Crippen LogP contribution in [0.4, 0.5) is 0 Å². The molecule has 1 unspecified atom stereocenters. The molecule has 0 bridgehead atoms. The van der Waals surface area contributed by atoms with E-state index in [4.69, 9.17) is 14.2 Å². The van der Waals surface area contributed by atoms with Crippen molar-refractivity contribution in [2.75, 3.05) is 46.6 Å². The van der Waals surface area contributed by atoms with Crippen LogP contribution in [-0.4, -0.2) is 63.0 Å². The molecule has 1 atom stereocenters. The number of ketones is 2. The molecular weight excluding hydrogens is 442 g/mol. The lowest BCUT2D eigenvalue weighted by Gasteiger charge is -2.28. The number of carbonyl (C=O) groups is 2. The number of Topliss-reactive ketones (excluding diaryl/α,β-unsaturated/α-hetero) is 2. The molecular formula is C29H37NO5. The Balaban J connectivity index is 2.03. The van der Waals surface area contributed by atoms with Gasteiger partial charge in [-0.05, 0) is 50.9 Å². The van der Waals surface area contributed by atoms with Gasteiger partial charge in [0.05, 0.1) is 32.5 Å². The van der Waals surface area contributed by atoms with Gasteiger partial charge in [0.2, 0.25) is 0 Å². The van der Waals surface area contributed by atoms with Gasteiger partial charge in [-0.15, -0.1) is 0 Å². The number of hydrogen-bond acceptors (Lipinski definition) is 6. The number of ether oxygens (including phenoxy) is 3. The predicted molar refractivity (Wildman–Crippen MR) is 137 cm³/mol. The summed E-state index contributed by atoms with van der Waals surface area (Å²) in [6, 6.07) is 15.2. The van der Waals surface area contributed by atoms with Crippen LogP contribution >= 0.6 is 0 Å². The predicted octanol–water partition coefficient (Wildman–Crippen LogP) is 4.96. The summed E-state index contributed by atoms with van der Waals surface area (Å²) in [6.45, 7) is 9.82. The summed E-state index contributed by atoms with van der Waals surface area (Å²) in [5.74, 6) is 0.198. The number of rotatable bonds is 12. The quantitative estimate of drug-likeness (QED) is 0.244. The minimum Gasteiger partial charge on any atom is -0.497 e. The van der Waals surface area contributed by atoms with Crippen molar-refractivity contribution in [2.45, 2.75) is 39.5 Å². The maximum Gasteiger partial charge on any atom is 0.194 e. The standard InChI is InChI=1S/C29H37NO5/c1-5-35-29(22(3)31)27(28(32)24-10-8-21(2)9-11-24)26(23-12-14-25(33-4)15-13-23)7-6-16-30-17-19-34-20-18-30/h8-15,26H,5-7,16-20H2,1-4H3/b29-27-. The molecule has 3 rings (SSSR count). The summed E-state index contributed by atoms with van der Waals surface area (Å²) < 4.78 is 16.6. The maximum atomic E-state index is 13.9. The molecule has 2 aromatic carbocycles. The Morgan fingerprint density at radius 1 is 1.03 bits per heavy atom. The summed E-state index contributed by atoms with van der Waals surface area (Å²) >= 11 is 0. The highest BCUT2D eigenvalue weighted by Gasteiger charge is 2.30. The maximum absolute atomic E-state index is 13.9. The minimum atomic E-state index is -0.291. The second-order valence-corrected chi connectivity index (χ2v) is 8.85. The van der Waals surface area contributed by atoms with E-state index in [1.807, 2.05) is 62.4 Å². The van der Waals surface area contributed by atoms with Crippen LogP contribution in [-0.2, 0) is 14.3 Å². The molecule has 0 spiro atoms. The van der Waals surface area contributed by atoms with Crippen LogP contribution in [0.25, 0.3) is 0 Å². The van der Waals surface area contributed by atoms with Crippen molar-refractivity contribution < 1.29 is 23.8 Å². The topological polar surface area (TPSA) is 65.1 Å². The highest BCUT2D eigenvalue weighted by atomic mass is 16.5. The number of methoxy groups -OCH3 is 1. The Hall–Kier alpha value is -2.96. The molecule has 0 aliphatic carbocycles. The van der Waals surface area contributed by atoms with E-state index in [-0.39, 0.29) is 23.2 Å². The first kappa shape index (κ1) is 26.6. The summed E-state index contributed by atoms with van der Waals surface area (Å²) in [6.07, 6.45) is 1.58. The molecule has 1 aliphatic rings. The first-order chi connectivity index (χ1) is 16.9. The van der Waals surface area contributed by atoms with E-state index in [0.29, 0.717) is 24.2 Å². The van der Waals surface area contributed by atoms with E-state index in [0.717, 1.165) is 56.1 Å². The largest absolute Gasteiger partial charge is 0.497 e. The normalized spacial score (nSPS) is 15.8. The summed E-state index contributed by atoms with van der Waals surface area (Å²) in [5.41, 5.74) is 3.01. The molecule has 1 aliphatic heterocycles. The smallest absolute Gasteiger partial charge is 0.194 e. The van der Waals surface area contributed by atoms with Gasteiger partial charge < -0.3 is 14.2 Å². The van der Waals surface area contributed by atoms with E-state index < -0.39 is 0 Å². The molecule has 1 fully saturated rings. The van der Waals surface area contributed by atoms with Crippen molar-refractivity contribution in [3.8, 4) is 5.75 Å². The number of allylic oxidation sites excluding steroid dienone is 2. The molecule has 1 saturated heterocycles. The lowest BCUT2D eigenvalue weighted by atomic mass is 9.81. The zero-order valence-electron chi connectivity index (χ0n) is 21.3. The van der Waals surface area contributed by atoms with Crippen LogP contribution in [0.5, 0.6) is 5.75 Å². The number of carbonyl (C=O) groups excluding carboxylic acids is 2. The van der Waals surface area contributed by atoms with Crippen molar-refractivity contribution in [3.05, 3.63) is 76.6 Å². The van der Waals surface area contributed by atoms with Gasteiger partial charge >= 0.3 is 0 Å². The molecule has 2 aromatic rings. The van der Waals surface area contributed by atoms with Gasteiger partial charge in [0.15, 0.2) is 17.3 Å².